The normalized spacial score (nSPS) is 10.7. The second-order valence-electron chi connectivity index (χ2n) is 5.66. The molecular formula is C19H21N5OS. The van der Waals surface area contributed by atoms with Crippen LogP contribution in [-0.4, -0.2) is 38.0 Å². The summed E-state index contributed by atoms with van der Waals surface area (Å²) in [7, 11) is 0. The molecule has 0 aliphatic heterocycles. The average molecular weight is 367 g/mol. The van der Waals surface area contributed by atoms with Crippen LogP contribution in [0.15, 0.2) is 60.0 Å². The summed E-state index contributed by atoms with van der Waals surface area (Å²) < 4.78 is 2.01. The van der Waals surface area contributed by atoms with E-state index in [-0.39, 0.29) is 5.91 Å². The molecule has 0 bridgehead atoms. The molecule has 3 rings (SSSR count). The van der Waals surface area contributed by atoms with Crippen LogP contribution in [-0.2, 0) is 17.8 Å². The predicted molar refractivity (Wildman–Crippen MR) is 103 cm³/mol. The lowest BCUT2D eigenvalue weighted by Gasteiger charge is -2.08. The molecule has 0 atom stereocenters. The van der Waals surface area contributed by atoms with Gasteiger partial charge >= 0.3 is 0 Å². The predicted octanol–water partition coefficient (Wildman–Crippen LogP) is 2.81. The Morgan fingerprint density at radius 3 is 2.62 bits per heavy atom. The van der Waals surface area contributed by atoms with Gasteiger partial charge < -0.3 is 9.88 Å². The van der Waals surface area contributed by atoms with Crippen molar-refractivity contribution in [3.05, 3.63) is 60.4 Å². The van der Waals surface area contributed by atoms with Crippen molar-refractivity contribution in [2.45, 2.75) is 25.0 Å². The van der Waals surface area contributed by atoms with E-state index in [0.717, 1.165) is 29.5 Å². The van der Waals surface area contributed by atoms with E-state index in [1.165, 1.54) is 17.3 Å². The van der Waals surface area contributed by atoms with Gasteiger partial charge in [-0.1, -0.05) is 42.1 Å². The van der Waals surface area contributed by atoms with Gasteiger partial charge in [0, 0.05) is 31.0 Å². The van der Waals surface area contributed by atoms with Crippen LogP contribution < -0.4 is 5.32 Å². The molecule has 0 spiro atoms. The van der Waals surface area contributed by atoms with E-state index in [9.17, 15) is 4.79 Å². The molecule has 0 fully saturated rings. The molecule has 0 saturated carbocycles. The molecule has 3 aromatic rings. The Labute approximate surface area is 157 Å². The van der Waals surface area contributed by atoms with E-state index < -0.39 is 0 Å². The van der Waals surface area contributed by atoms with Crippen molar-refractivity contribution in [2.24, 2.45) is 0 Å². The van der Waals surface area contributed by atoms with Crippen molar-refractivity contribution in [3.8, 4) is 11.4 Å². The summed E-state index contributed by atoms with van der Waals surface area (Å²) >= 11 is 1.40. The van der Waals surface area contributed by atoms with Gasteiger partial charge in [0.05, 0.1) is 5.75 Å². The van der Waals surface area contributed by atoms with Crippen LogP contribution in [0.1, 0.15) is 12.5 Å². The van der Waals surface area contributed by atoms with E-state index in [1.54, 1.807) is 12.4 Å². The zero-order chi connectivity index (χ0) is 18.2. The fourth-order valence-electron chi connectivity index (χ4n) is 2.57. The number of thioether (sulfide) groups is 1. The number of nitrogens with zero attached hydrogens (tertiary/aromatic N) is 4. The van der Waals surface area contributed by atoms with Crippen LogP contribution in [0.4, 0.5) is 0 Å². The fraction of sp³-hybridized carbons (Fsp3) is 0.263. The van der Waals surface area contributed by atoms with Crippen molar-refractivity contribution in [3.63, 3.8) is 0 Å². The molecular weight excluding hydrogens is 346 g/mol. The maximum Gasteiger partial charge on any atom is 0.230 e. The summed E-state index contributed by atoms with van der Waals surface area (Å²) in [5.41, 5.74) is 2.18. The maximum absolute atomic E-state index is 12.1. The molecule has 2 heterocycles. The lowest BCUT2D eigenvalue weighted by atomic mass is 10.1. The van der Waals surface area contributed by atoms with Crippen LogP contribution in [0.25, 0.3) is 11.4 Å². The zero-order valence-electron chi connectivity index (χ0n) is 14.6. The summed E-state index contributed by atoms with van der Waals surface area (Å²) in [4.78, 5) is 16.1. The minimum atomic E-state index is 0.00189. The van der Waals surface area contributed by atoms with Gasteiger partial charge in [-0.2, -0.15) is 0 Å². The smallest absolute Gasteiger partial charge is 0.230 e. The van der Waals surface area contributed by atoms with E-state index in [1.807, 2.05) is 41.8 Å². The lowest BCUT2D eigenvalue weighted by Crippen LogP contribution is -2.27. The van der Waals surface area contributed by atoms with Gasteiger partial charge in [-0.05, 0) is 31.0 Å². The minimum absolute atomic E-state index is 0.00189. The molecule has 26 heavy (non-hydrogen) atoms. The van der Waals surface area contributed by atoms with Crippen molar-refractivity contribution in [1.29, 1.82) is 0 Å². The van der Waals surface area contributed by atoms with Crippen molar-refractivity contribution in [1.82, 2.24) is 25.1 Å². The number of amides is 1. The first-order chi connectivity index (χ1) is 12.8. The highest BCUT2D eigenvalue weighted by Crippen LogP contribution is 2.23. The van der Waals surface area contributed by atoms with E-state index in [2.05, 4.69) is 32.6 Å². The maximum atomic E-state index is 12.1. The van der Waals surface area contributed by atoms with Gasteiger partial charge in [0.1, 0.15) is 0 Å². The first-order valence-electron chi connectivity index (χ1n) is 8.55. The molecule has 7 heteroatoms. The van der Waals surface area contributed by atoms with Crippen molar-refractivity contribution in [2.75, 3.05) is 12.3 Å². The van der Waals surface area contributed by atoms with E-state index >= 15 is 0 Å². The summed E-state index contributed by atoms with van der Waals surface area (Å²) in [6.07, 6.45) is 4.29. The quantitative estimate of drug-likeness (QED) is 0.620. The number of carbonyl (C=O) groups excluding carboxylic acids is 1. The van der Waals surface area contributed by atoms with Crippen LogP contribution in [0.5, 0.6) is 0 Å². The van der Waals surface area contributed by atoms with Crippen molar-refractivity contribution >= 4 is 17.7 Å². The van der Waals surface area contributed by atoms with Gasteiger partial charge in [-0.15, -0.1) is 10.2 Å². The first-order valence-corrected chi connectivity index (χ1v) is 9.53. The second kappa shape index (κ2) is 9.15. The molecule has 134 valence electrons. The van der Waals surface area contributed by atoms with Gasteiger partial charge in [0.2, 0.25) is 5.91 Å². The number of hydrogen-bond acceptors (Lipinski definition) is 5. The molecule has 0 aliphatic carbocycles. The molecule has 2 aromatic heterocycles. The molecule has 0 saturated heterocycles. The second-order valence-corrected chi connectivity index (χ2v) is 6.60. The monoisotopic (exact) mass is 367 g/mol. The zero-order valence-corrected chi connectivity index (χ0v) is 15.4. The highest BCUT2D eigenvalue weighted by molar-refractivity contribution is 7.99. The molecule has 1 amide bonds. The largest absolute Gasteiger partial charge is 0.355 e. The Morgan fingerprint density at radius 2 is 1.88 bits per heavy atom. The molecule has 1 aromatic carbocycles. The minimum Gasteiger partial charge on any atom is -0.355 e. The lowest BCUT2D eigenvalue weighted by molar-refractivity contribution is -0.118. The summed E-state index contributed by atoms with van der Waals surface area (Å²) in [6, 6.07) is 13.9. The molecule has 6 nitrogen and oxygen atoms in total. The van der Waals surface area contributed by atoms with E-state index in [0.29, 0.717) is 12.3 Å². The fourth-order valence-corrected chi connectivity index (χ4v) is 3.40. The third-order valence-electron chi connectivity index (χ3n) is 3.88. The Hall–Kier alpha value is -2.67. The number of carbonyl (C=O) groups is 1. The molecule has 0 radical (unpaired) electrons. The highest BCUT2D eigenvalue weighted by Gasteiger charge is 2.14. The third-order valence-corrected chi connectivity index (χ3v) is 4.85. The first kappa shape index (κ1) is 18.1. The van der Waals surface area contributed by atoms with Crippen molar-refractivity contribution < 1.29 is 4.79 Å². The highest BCUT2D eigenvalue weighted by atomic mass is 32.2. The van der Waals surface area contributed by atoms with Gasteiger partial charge in [-0.25, -0.2) is 0 Å². The summed E-state index contributed by atoms with van der Waals surface area (Å²) in [6.45, 7) is 3.41. The summed E-state index contributed by atoms with van der Waals surface area (Å²) in [5, 5.41) is 12.2. The van der Waals surface area contributed by atoms with Crippen LogP contribution in [0, 0.1) is 0 Å². The number of aromatic nitrogens is 4. The Bertz CT molecular complexity index is 836. The standard InChI is InChI=1S/C19H21N5OS/c1-2-24-18(16-9-11-20-12-10-16)22-23-19(24)26-14-17(25)21-13-8-15-6-4-3-5-7-15/h3-7,9-12H,2,8,13-14H2,1H3,(H,21,25). The van der Waals surface area contributed by atoms with E-state index in [4.69, 9.17) is 0 Å². The Kier molecular flexibility index (Phi) is 6.38. The SMILES string of the molecule is CCn1c(SCC(=O)NCCc2ccccc2)nnc1-c1ccncc1. The number of benzene rings is 1. The van der Waals surface area contributed by atoms with Gasteiger partial charge in [-0.3, -0.25) is 9.78 Å². The van der Waals surface area contributed by atoms with Crippen LogP contribution >= 0.6 is 11.8 Å². The Morgan fingerprint density at radius 1 is 1.12 bits per heavy atom. The average Bonchev–Trinajstić information content (AvgIpc) is 3.11. The molecule has 1 N–H and O–H groups in total. The summed E-state index contributed by atoms with van der Waals surface area (Å²) in [5.74, 6) is 1.12. The molecule has 0 unspecified atom stereocenters. The Balaban J connectivity index is 1.53. The van der Waals surface area contributed by atoms with Crippen LogP contribution in [0.3, 0.4) is 0 Å². The van der Waals surface area contributed by atoms with Gasteiger partial charge in [0.25, 0.3) is 0 Å². The third kappa shape index (κ3) is 4.70. The molecule has 0 aliphatic rings. The van der Waals surface area contributed by atoms with Crippen LogP contribution in [0.2, 0.25) is 0 Å². The number of rotatable bonds is 8. The number of pyridine rings is 1. The van der Waals surface area contributed by atoms with Gasteiger partial charge in [0.15, 0.2) is 11.0 Å². The number of hydrogen-bond donors (Lipinski definition) is 1. The number of nitrogens with one attached hydrogen (secondary N) is 1. The topological polar surface area (TPSA) is 72.7 Å².